The molecule has 2 fully saturated rings. The minimum absolute atomic E-state index is 0.237. The molecule has 2 aliphatic heterocycles. The zero-order valence-electron chi connectivity index (χ0n) is 21.2. The van der Waals surface area contributed by atoms with Crippen molar-refractivity contribution in [1.29, 1.82) is 0 Å². The quantitative estimate of drug-likeness (QED) is 0.146. The van der Waals surface area contributed by atoms with E-state index in [1.807, 2.05) is 0 Å². The van der Waals surface area contributed by atoms with Crippen molar-refractivity contribution in [2.75, 3.05) is 13.7 Å². The normalized spacial score (nSPS) is 36.1. The lowest BCUT2D eigenvalue weighted by atomic mass is 9.81. The van der Waals surface area contributed by atoms with Gasteiger partial charge >= 0.3 is 11.9 Å². The second-order valence-corrected chi connectivity index (χ2v) is 9.96. The van der Waals surface area contributed by atoms with E-state index in [9.17, 15) is 40.2 Å². The summed E-state index contributed by atoms with van der Waals surface area (Å²) in [6, 6.07) is 3.93. The number of fused-ring (bicyclic) bond motifs is 1. The third-order valence-electron chi connectivity index (χ3n) is 7.29. The van der Waals surface area contributed by atoms with Crippen molar-refractivity contribution < 1.29 is 63.9 Å². The summed E-state index contributed by atoms with van der Waals surface area (Å²) < 4.78 is 26.9. The predicted molar refractivity (Wildman–Crippen MR) is 129 cm³/mol. The first-order valence-corrected chi connectivity index (χ1v) is 12.3. The topological polar surface area (TPSA) is 202 Å². The molecule has 214 valence electrons. The molecule has 6 N–H and O–H groups in total. The second-order valence-electron chi connectivity index (χ2n) is 9.96. The number of hydrogen-bond donors (Lipinski definition) is 6. The van der Waals surface area contributed by atoms with Gasteiger partial charge < -0.3 is 54.3 Å². The Morgan fingerprint density at radius 3 is 2.54 bits per heavy atom. The predicted octanol–water partition coefficient (Wildman–Crippen LogP) is -0.331. The Kier molecular flexibility index (Phi) is 8.49. The molecule has 1 aliphatic carbocycles. The van der Waals surface area contributed by atoms with Gasteiger partial charge in [0.25, 0.3) is 0 Å². The smallest absolute Gasteiger partial charge is 0.337 e. The van der Waals surface area contributed by atoms with E-state index in [4.69, 9.17) is 23.7 Å². The van der Waals surface area contributed by atoms with Crippen LogP contribution in [0.4, 0.5) is 0 Å². The number of ether oxygens (including phenoxy) is 5. The van der Waals surface area contributed by atoms with Gasteiger partial charge in [0.2, 0.25) is 6.29 Å². The van der Waals surface area contributed by atoms with Crippen LogP contribution in [0.2, 0.25) is 0 Å². The largest absolute Gasteiger partial charge is 0.504 e. The molecule has 3 aliphatic rings. The maximum absolute atomic E-state index is 12.2. The minimum atomic E-state index is -1.73. The van der Waals surface area contributed by atoms with Crippen LogP contribution >= 0.6 is 0 Å². The molecule has 0 spiro atoms. The Morgan fingerprint density at radius 1 is 1.10 bits per heavy atom. The minimum Gasteiger partial charge on any atom is -0.504 e. The van der Waals surface area contributed by atoms with E-state index < -0.39 is 73.0 Å². The van der Waals surface area contributed by atoms with Crippen molar-refractivity contribution in [3.05, 3.63) is 41.7 Å². The third-order valence-corrected chi connectivity index (χ3v) is 7.29. The van der Waals surface area contributed by atoms with Crippen LogP contribution < -0.4 is 0 Å². The van der Waals surface area contributed by atoms with Gasteiger partial charge in [-0.25, -0.2) is 9.59 Å². The van der Waals surface area contributed by atoms with Gasteiger partial charge in [-0.3, -0.25) is 0 Å². The molecule has 13 heteroatoms. The molecule has 4 rings (SSSR count). The van der Waals surface area contributed by atoms with Gasteiger partial charge in [0.15, 0.2) is 17.8 Å². The first kappa shape index (κ1) is 28.8. The molecule has 1 saturated heterocycles. The van der Waals surface area contributed by atoms with E-state index in [1.165, 1.54) is 37.6 Å². The number of benzene rings is 1. The number of esters is 2. The average molecular weight is 553 g/mol. The lowest BCUT2D eigenvalue weighted by Crippen LogP contribution is -2.61. The van der Waals surface area contributed by atoms with Gasteiger partial charge in [-0.1, -0.05) is 6.07 Å². The highest BCUT2D eigenvalue weighted by Gasteiger charge is 2.56. The van der Waals surface area contributed by atoms with Gasteiger partial charge in [-0.15, -0.1) is 0 Å². The number of hydrogen-bond acceptors (Lipinski definition) is 13. The highest BCUT2D eigenvalue weighted by Crippen LogP contribution is 2.49. The molecule has 0 amide bonds. The lowest BCUT2D eigenvalue weighted by molar-refractivity contribution is -0.346. The van der Waals surface area contributed by atoms with Crippen molar-refractivity contribution in [1.82, 2.24) is 0 Å². The molecule has 13 nitrogen and oxygen atoms in total. The van der Waals surface area contributed by atoms with Crippen molar-refractivity contribution in [2.24, 2.45) is 11.8 Å². The second kappa shape index (κ2) is 11.5. The summed E-state index contributed by atoms with van der Waals surface area (Å²) in [5.41, 5.74) is -0.654. The van der Waals surface area contributed by atoms with E-state index in [0.717, 1.165) is 6.08 Å². The summed E-state index contributed by atoms with van der Waals surface area (Å²) in [5, 5.41) is 61.1. The monoisotopic (exact) mass is 552 g/mol. The van der Waals surface area contributed by atoms with E-state index in [0.29, 0.717) is 18.4 Å². The summed E-state index contributed by atoms with van der Waals surface area (Å²) in [4.78, 5) is 24.4. The van der Waals surface area contributed by atoms with Gasteiger partial charge in [0.05, 0.1) is 30.5 Å². The van der Waals surface area contributed by atoms with E-state index in [1.54, 1.807) is 6.92 Å². The summed E-state index contributed by atoms with van der Waals surface area (Å²) in [5.74, 6) is -3.32. The molecular formula is C26H32O13. The summed E-state index contributed by atoms with van der Waals surface area (Å²) in [6.45, 7) is 1.06. The van der Waals surface area contributed by atoms with Crippen LogP contribution in [-0.4, -0.2) is 98.9 Å². The summed E-state index contributed by atoms with van der Waals surface area (Å²) in [6.07, 6.45) is -4.76. The van der Waals surface area contributed by atoms with E-state index >= 15 is 0 Å². The van der Waals surface area contributed by atoms with Gasteiger partial charge in [0, 0.05) is 12.0 Å². The number of aliphatic hydroxyl groups excluding tert-OH is 3. The van der Waals surface area contributed by atoms with Crippen LogP contribution in [0, 0.1) is 11.8 Å². The summed E-state index contributed by atoms with van der Waals surface area (Å²) >= 11 is 0. The zero-order chi connectivity index (χ0) is 28.5. The van der Waals surface area contributed by atoms with Gasteiger partial charge in [-0.2, -0.15) is 0 Å². The van der Waals surface area contributed by atoms with Crippen LogP contribution in [0.15, 0.2) is 36.1 Å². The maximum Gasteiger partial charge on any atom is 0.337 e. The molecule has 0 aromatic heterocycles. The number of carbonyl (C=O) groups excluding carboxylic acids is 2. The van der Waals surface area contributed by atoms with Gasteiger partial charge in [0.1, 0.15) is 31.0 Å². The summed E-state index contributed by atoms with van der Waals surface area (Å²) in [7, 11) is 1.23. The first-order valence-electron chi connectivity index (χ1n) is 12.3. The van der Waals surface area contributed by atoms with Crippen molar-refractivity contribution >= 4 is 18.0 Å². The molecule has 1 saturated carbocycles. The molecule has 39 heavy (non-hydrogen) atoms. The van der Waals surface area contributed by atoms with Crippen LogP contribution in [0.3, 0.4) is 0 Å². The highest BCUT2D eigenvalue weighted by molar-refractivity contribution is 5.89. The molecule has 0 unspecified atom stereocenters. The van der Waals surface area contributed by atoms with Crippen molar-refractivity contribution in [3.63, 3.8) is 0 Å². The Labute approximate surface area is 223 Å². The number of rotatable bonds is 7. The van der Waals surface area contributed by atoms with Crippen molar-refractivity contribution in [2.45, 2.75) is 62.4 Å². The van der Waals surface area contributed by atoms with Crippen LogP contribution in [-0.2, 0) is 33.3 Å². The van der Waals surface area contributed by atoms with Crippen LogP contribution in [0.1, 0.15) is 25.3 Å². The van der Waals surface area contributed by atoms with Crippen LogP contribution in [0.5, 0.6) is 11.5 Å². The molecule has 9 atom stereocenters. The SMILES string of the molecule is COC(=O)C1=CO[C@@H](O[C@@H]2O[C@@H](COC(=O)/C=C/c3ccc(O)c(O)c3)[C@H](O)[C@@H](O)[C@@H]2O)[C@@H]2[C@H]1CC[C@@]2(C)O. The van der Waals surface area contributed by atoms with Crippen molar-refractivity contribution in [3.8, 4) is 11.5 Å². The fraction of sp³-hybridized carbons (Fsp3) is 0.538. The fourth-order valence-corrected chi connectivity index (χ4v) is 5.13. The standard InChI is InChI=1S/C26H32O13/c1-26(34)8-7-13-14(23(33)35-2)10-37-24(19(13)26)39-25-22(32)21(31)20(30)17(38-25)11-36-18(29)6-4-12-3-5-15(27)16(28)9-12/h3-6,9-10,13,17,19-22,24-25,27-28,30-32,34H,7-8,11H2,1-2H3/b6-4+/t13-,17-,19-,20-,21+,22-,24-,25-,26+/m0/s1. The molecule has 1 aromatic carbocycles. The highest BCUT2D eigenvalue weighted by atomic mass is 16.8. The Balaban J connectivity index is 1.41. The van der Waals surface area contributed by atoms with E-state index in [-0.39, 0.29) is 17.1 Å². The molecule has 1 aromatic rings. The molecular weight excluding hydrogens is 520 g/mol. The zero-order valence-corrected chi connectivity index (χ0v) is 21.2. The first-order chi connectivity index (χ1) is 18.4. The number of carbonyl (C=O) groups is 2. The number of aliphatic hydroxyl groups is 4. The van der Waals surface area contributed by atoms with Gasteiger partial charge in [-0.05, 0) is 43.5 Å². The maximum atomic E-state index is 12.2. The Morgan fingerprint density at radius 2 is 1.85 bits per heavy atom. The number of phenolic OH excluding ortho intramolecular Hbond substituents is 2. The third kappa shape index (κ3) is 6.03. The number of phenols is 2. The van der Waals surface area contributed by atoms with Crippen LogP contribution in [0.25, 0.3) is 6.08 Å². The number of aromatic hydroxyl groups is 2. The molecule has 0 bridgehead atoms. The Hall–Kier alpha value is -3.20. The molecule has 2 heterocycles. The van der Waals surface area contributed by atoms with E-state index in [2.05, 4.69) is 0 Å². The number of methoxy groups -OCH3 is 1. The Bertz CT molecular complexity index is 1130. The lowest BCUT2D eigenvalue weighted by Gasteiger charge is -2.44. The average Bonchev–Trinajstić information content (AvgIpc) is 3.24. The fourth-order valence-electron chi connectivity index (χ4n) is 5.13. The molecule has 0 radical (unpaired) electrons.